The molecule has 3 fully saturated rings. The van der Waals surface area contributed by atoms with Crippen LogP contribution in [-0.2, 0) is 11.3 Å². The van der Waals surface area contributed by atoms with Crippen molar-refractivity contribution in [3.05, 3.63) is 36.3 Å². The van der Waals surface area contributed by atoms with Gasteiger partial charge in [0.1, 0.15) is 11.5 Å². The summed E-state index contributed by atoms with van der Waals surface area (Å²) >= 11 is 0. The summed E-state index contributed by atoms with van der Waals surface area (Å²) in [6, 6.07) is 6.87. The molecule has 3 aliphatic heterocycles. The molecule has 4 heterocycles. The first-order valence-corrected chi connectivity index (χ1v) is 9.70. The van der Waals surface area contributed by atoms with E-state index < -0.39 is 0 Å². The maximum Gasteiger partial charge on any atom is 0.224 e. The Balaban J connectivity index is 1.40. The van der Waals surface area contributed by atoms with Crippen LogP contribution in [0, 0.1) is 17.7 Å². The summed E-state index contributed by atoms with van der Waals surface area (Å²) in [6.45, 7) is 6.65. The number of nitrogens with zero attached hydrogens (tertiary/aromatic N) is 4. The summed E-state index contributed by atoms with van der Waals surface area (Å²) in [5.74, 6) is 0.479. The quantitative estimate of drug-likeness (QED) is 0.876. The molecule has 6 nitrogen and oxygen atoms in total. The summed E-state index contributed by atoms with van der Waals surface area (Å²) in [7, 11) is 0. The largest absolute Gasteiger partial charge is 0.354 e. The molecular formula is C20H26FN5O. The predicted octanol–water partition coefficient (Wildman–Crippen LogP) is 2.32. The summed E-state index contributed by atoms with van der Waals surface area (Å²) in [5, 5.41) is 11.5. The van der Waals surface area contributed by atoms with Gasteiger partial charge in [-0.1, -0.05) is 5.21 Å². The van der Waals surface area contributed by atoms with Crippen molar-refractivity contribution in [2.75, 3.05) is 13.1 Å². The second-order valence-electron chi connectivity index (χ2n) is 8.04. The van der Waals surface area contributed by atoms with Gasteiger partial charge in [-0.2, -0.15) is 0 Å². The fourth-order valence-electron chi connectivity index (χ4n) is 4.37. The zero-order chi connectivity index (χ0) is 19.0. The number of rotatable bonds is 5. The molecule has 1 amide bonds. The van der Waals surface area contributed by atoms with Crippen LogP contribution in [0.25, 0.3) is 11.3 Å². The lowest BCUT2D eigenvalue weighted by atomic mass is 9.75. The van der Waals surface area contributed by atoms with E-state index >= 15 is 0 Å². The van der Waals surface area contributed by atoms with Gasteiger partial charge >= 0.3 is 0 Å². The lowest BCUT2D eigenvalue weighted by molar-refractivity contribution is -0.133. The second kappa shape index (κ2) is 7.38. The van der Waals surface area contributed by atoms with E-state index in [4.69, 9.17) is 0 Å². The van der Waals surface area contributed by atoms with E-state index in [9.17, 15) is 9.18 Å². The number of aromatic nitrogens is 3. The number of fused-ring (bicyclic) bond motifs is 3. The lowest BCUT2D eigenvalue weighted by Crippen LogP contribution is -2.58. The Morgan fingerprint density at radius 1 is 1.33 bits per heavy atom. The van der Waals surface area contributed by atoms with Crippen molar-refractivity contribution in [2.24, 2.45) is 11.8 Å². The number of amides is 1. The molecule has 2 bridgehead atoms. The van der Waals surface area contributed by atoms with Crippen molar-refractivity contribution in [3.8, 4) is 11.3 Å². The second-order valence-corrected chi connectivity index (χ2v) is 8.04. The number of carbonyl (C=O) groups excluding carboxylic acids is 1. The first kappa shape index (κ1) is 18.1. The van der Waals surface area contributed by atoms with Gasteiger partial charge in [-0.3, -0.25) is 14.4 Å². The van der Waals surface area contributed by atoms with Crippen molar-refractivity contribution < 1.29 is 9.18 Å². The van der Waals surface area contributed by atoms with Gasteiger partial charge in [0.2, 0.25) is 5.91 Å². The van der Waals surface area contributed by atoms with Crippen molar-refractivity contribution >= 4 is 5.91 Å². The number of carbonyl (C=O) groups is 1. The highest BCUT2D eigenvalue weighted by Gasteiger charge is 2.43. The highest BCUT2D eigenvalue weighted by Crippen LogP contribution is 2.37. The van der Waals surface area contributed by atoms with Crippen LogP contribution in [0.1, 0.15) is 26.7 Å². The molecule has 1 aromatic carbocycles. The van der Waals surface area contributed by atoms with Gasteiger partial charge in [-0.15, -0.1) is 5.10 Å². The van der Waals surface area contributed by atoms with E-state index in [1.807, 2.05) is 24.7 Å². The minimum absolute atomic E-state index is 0.0999. The number of hydrogen-bond acceptors (Lipinski definition) is 4. The van der Waals surface area contributed by atoms with E-state index in [0.717, 1.165) is 43.7 Å². The Morgan fingerprint density at radius 2 is 2.11 bits per heavy atom. The Kier molecular flexibility index (Phi) is 4.95. The SMILES string of the molecule is CC(C)NC(=O)[C@@H]1CN2CC[C@H]1C[C@@H]2Cn1cc(-c2ccc(F)cc2)nn1. The van der Waals surface area contributed by atoms with Gasteiger partial charge in [-0.05, 0) is 63.4 Å². The Labute approximate surface area is 158 Å². The Bertz CT molecular complexity index is 803. The zero-order valence-electron chi connectivity index (χ0n) is 15.8. The van der Waals surface area contributed by atoms with Crippen LogP contribution >= 0.6 is 0 Å². The maximum absolute atomic E-state index is 13.1. The van der Waals surface area contributed by atoms with Crippen LogP contribution < -0.4 is 5.32 Å². The summed E-state index contributed by atoms with van der Waals surface area (Å²) in [5.41, 5.74) is 1.61. The standard InChI is InChI=1S/C20H26FN5O/c1-13(2)22-20(27)18-11-25-8-7-15(18)9-17(25)10-26-12-19(23-24-26)14-3-5-16(21)6-4-14/h3-6,12-13,15,17-18H,7-11H2,1-2H3,(H,22,27)/t15-,17+,18+/m0/s1. The number of piperidine rings is 3. The molecule has 3 saturated heterocycles. The van der Waals surface area contributed by atoms with Crippen LogP contribution in [0.15, 0.2) is 30.5 Å². The molecule has 0 aliphatic carbocycles. The maximum atomic E-state index is 13.1. The summed E-state index contributed by atoms with van der Waals surface area (Å²) < 4.78 is 15.0. The molecular weight excluding hydrogens is 345 g/mol. The molecule has 5 rings (SSSR count). The first-order valence-electron chi connectivity index (χ1n) is 9.70. The average Bonchev–Trinajstić information content (AvgIpc) is 3.10. The fourth-order valence-corrected chi connectivity index (χ4v) is 4.37. The molecule has 1 aromatic heterocycles. The van der Waals surface area contributed by atoms with Gasteiger partial charge in [-0.25, -0.2) is 4.39 Å². The highest BCUT2D eigenvalue weighted by atomic mass is 19.1. The minimum atomic E-state index is -0.256. The van der Waals surface area contributed by atoms with Gasteiger partial charge in [0, 0.05) is 24.2 Å². The molecule has 4 atom stereocenters. The van der Waals surface area contributed by atoms with E-state index in [-0.39, 0.29) is 23.7 Å². The number of benzene rings is 1. The molecule has 7 heteroatoms. The topological polar surface area (TPSA) is 63.1 Å². The number of halogens is 1. The third kappa shape index (κ3) is 3.88. The molecule has 144 valence electrons. The smallest absolute Gasteiger partial charge is 0.224 e. The van der Waals surface area contributed by atoms with Crippen LogP contribution in [0.2, 0.25) is 0 Å². The van der Waals surface area contributed by atoms with Gasteiger partial charge in [0.05, 0.1) is 18.7 Å². The Hall–Kier alpha value is -2.28. The third-order valence-electron chi connectivity index (χ3n) is 5.72. The van der Waals surface area contributed by atoms with E-state index in [1.165, 1.54) is 12.1 Å². The number of nitrogens with one attached hydrogen (secondary N) is 1. The fraction of sp³-hybridized carbons (Fsp3) is 0.550. The minimum Gasteiger partial charge on any atom is -0.354 e. The predicted molar refractivity (Wildman–Crippen MR) is 100 cm³/mol. The number of hydrogen-bond donors (Lipinski definition) is 1. The van der Waals surface area contributed by atoms with Crippen LogP contribution in [0.4, 0.5) is 4.39 Å². The molecule has 27 heavy (non-hydrogen) atoms. The van der Waals surface area contributed by atoms with Crippen LogP contribution in [-0.4, -0.2) is 51.0 Å². The first-order chi connectivity index (χ1) is 13.0. The monoisotopic (exact) mass is 371 g/mol. The highest BCUT2D eigenvalue weighted by molar-refractivity contribution is 5.79. The molecule has 1 unspecified atom stereocenters. The van der Waals surface area contributed by atoms with Gasteiger partial charge in [0.15, 0.2) is 0 Å². The molecule has 0 spiro atoms. The van der Waals surface area contributed by atoms with E-state index in [2.05, 4.69) is 20.5 Å². The third-order valence-corrected chi connectivity index (χ3v) is 5.72. The molecule has 0 saturated carbocycles. The van der Waals surface area contributed by atoms with Crippen LogP contribution in [0.5, 0.6) is 0 Å². The van der Waals surface area contributed by atoms with Crippen molar-refractivity contribution in [1.82, 2.24) is 25.2 Å². The van der Waals surface area contributed by atoms with E-state index in [0.29, 0.717) is 12.0 Å². The summed E-state index contributed by atoms with van der Waals surface area (Å²) in [6.07, 6.45) is 4.02. The molecule has 0 radical (unpaired) electrons. The summed E-state index contributed by atoms with van der Waals surface area (Å²) in [4.78, 5) is 14.9. The van der Waals surface area contributed by atoms with E-state index in [1.54, 1.807) is 12.1 Å². The van der Waals surface area contributed by atoms with Gasteiger partial charge in [0.25, 0.3) is 0 Å². The molecule has 2 aromatic rings. The lowest BCUT2D eigenvalue weighted by Gasteiger charge is -2.49. The average molecular weight is 371 g/mol. The van der Waals surface area contributed by atoms with Crippen molar-refractivity contribution in [1.29, 1.82) is 0 Å². The Morgan fingerprint density at radius 3 is 2.78 bits per heavy atom. The van der Waals surface area contributed by atoms with Crippen molar-refractivity contribution in [2.45, 2.75) is 45.3 Å². The van der Waals surface area contributed by atoms with Gasteiger partial charge < -0.3 is 5.32 Å². The van der Waals surface area contributed by atoms with Crippen molar-refractivity contribution in [3.63, 3.8) is 0 Å². The molecule has 3 aliphatic rings. The molecule has 1 N–H and O–H groups in total. The normalized spacial score (nSPS) is 27.1. The van der Waals surface area contributed by atoms with Crippen LogP contribution in [0.3, 0.4) is 0 Å². The zero-order valence-corrected chi connectivity index (χ0v) is 15.8.